The fraction of sp³-hybridized carbons (Fsp3) is 0.455. The predicted molar refractivity (Wildman–Crippen MR) is 54.5 cm³/mol. The van der Waals surface area contributed by atoms with Crippen molar-refractivity contribution in [3.63, 3.8) is 0 Å². The van der Waals surface area contributed by atoms with Crippen molar-refractivity contribution in [1.82, 2.24) is 5.32 Å². The lowest BCUT2D eigenvalue weighted by atomic mass is 10.1. The fourth-order valence-electron chi connectivity index (χ4n) is 1.40. The number of halogens is 2. The van der Waals surface area contributed by atoms with E-state index in [9.17, 15) is 8.78 Å². The third-order valence-electron chi connectivity index (χ3n) is 2.19. The van der Waals surface area contributed by atoms with Crippen molar-refractivity contribution in [2.45, 2.75) is 25.9 Å². The molecule has 15 heavy (non-hydrogen) atoms. The second-order valence-electron chi connectivity index (χ2n) is 3.67. The van der Waals surface area contributed by atoms with E-state index in [2.05, 4.69) is 5.32 Å². The third kappa shape index (κ3) is 3.57. The van der Waals surface area contributed by atoms with Crippen LogP contribution in [0.1, 0.15) is 25.5 Å². The Morgan fingerprint density at radius 2 is 1.73 bits per heavy atom. The average Bonchev–Trinajstić information content (AvgIpc) is 2.16. The van der Waals surface area contributed by atoms with Crippen LogP contribution in [0.3, 0.4) is 0 Å². The van der Waals surface area contributed by atoms with Crippen molar-refractivity contribution >= 4 is 0 Å². The van der Waals surface area contributed by atoms with E-state index in [4.69, 9.17) is 5.11 Å². The normalized spacial score (nSPS) is 15.0. The second kappa shape index (κ2) is 5.19. The smallest absolute Gasteiger partial charge is 0.126 e. The van der Waals surface area contributed by atoms with Crippen molar-refractivity contribution < 1.29 is 13.9 Å². The summed E-state index contributed by atoms with van der Waals surface area (Å²) >= 11 is 0. The highest BCUT2D eigenvalue weighted by molar-refractivity contribution is 5.20. The SMILES string of the molecule is CC(N[C@H](C)CO)c1cc(F)cc(F)c1. The van der Waals surface area contributed by atoms with Crippen molar-refractivity contribution in [1.29, 1.82) is 0 Å². The van der Waals surface area contributed by atoms with E-state index < -0.39 is 11.6 Å². The summed E-state index contributed by atoms with van der Waals surface area (Å²) in [6.45, 7) is 3.58. The van der Waals surface area contributed by atoms with Crippen molar-refractivity contribution in [2.75, 3.05) is 6.61 Å². The molecule has 0 aromatic heterocycles. The lowest BCUT2D eigenvalue weighted by molar-refractivity contribution is 0.243. The first kappa shape index (κ1) is 12.1. The fourth-order valence-corrected chi connectivity index (χ4v) is 1.40. The molecule has 84 valence electrons. The molecule has 0 aliphatic rings. The molecule has 2 N–H and O–H groups in total. The summed E-state index contributed by atoms with van der Waals surface area (Å²) in [5.74, 6) is -1.18. The Bertz CT molecular complexity index is 310. The van der Waals surface area contributed by atoms with E-state index in [0.29, 0.717) is 5.56 Å². The third-order valence-corrected chi connectivity index (χ3v) is 2.19. The summed E-state index contributed by atoms with van der Waals surface area (Å²) in [6.07, 6.45) is 0. The first-order valence-corrected chi connectivity index (χ1v) is 4.86. The molecule has 0 aliphatic carbocycles. The molecule has 1 aromatic carbocycles. The van der Waals surface area contributed by atoms with Crippen LogP contribution in [-0.2, 0) is 0 Å². The van der Waals surface area contributed by atoms with E-state index >= 15 is 0 Å². The largest absolute Gasteiger partial charge is 0.395 e. The van der Waals surface area contributed by atoms with Crippen LogP contribution < -0.4 is 5.32 Å². The van der Waals surface area contributed by atoms with Crippen LogP contribution in [-0.4, -0.2) is 17.8 Å². The van der Waals surface area contributed by atoms with Gasteiger partial charge in [-0.3, -0.25) is 0 Å². The monoisotopic (exact) mass is 215 g/mol. The Kier molecular flexibility index (Phi) is 4.17. The van der Waals surface area contributed by atoms with Gasteiger partial charge in [-0.2, -0.15) is 0 Å². The van der Waals surface area contributed by atoms with Crippen molar-refractivity contribution in [3.8, 4) is 0 Å². The molecule has 1 aromatic rings. The molecule has 0 fully saturated rings. The second-order valence-corrected chi connectivity index (χ2v) is 3.67. The number of hydrogen-bond acceptors (Lipinski definition) is 2. The zero-order valence-corrected chi connectivity index (χ0v) is 8.80. The van der Waals surface area contributed by atoms with E-state index in [-0.39, 0.29) is 18.7 Å². The molecular formula is C11H15F2NO. The standard InChI is InChI=1S/C11H15F2NO/c1-7(6-15)14-8(2)9-3-10(12)5-11(13)4-9/h3-5,7-8,14-15H,6H2,1-2H3/t7-,8?/m1/s1. The van der Waals surface area contributed by atoms with Gasteiger partial charge >= 0.3 is 0 Å². The highest BCUT2D eigenvalue weighted by Crippen LogP contribution is 2.16. The molecule has 0 saturated heterocycles. The lowest BCUT2D eigenvalue weighted by Gasteiger charge is -2.18. The molecule has 0 bridgehead atoms. The molecule has 0 saturated carbocycles. The molecule has 1 unspecified atom stereocenters. The molecule has 2 atom stereocenters. The summed E-state index contributed by atoms with van der Waals surface area (Å²) in [7, 11) is 0. The van der Waals surface area contributed by atoms with Crippen molar-refractivity contribution in [3.05, 3.63) is 35.4 Å². The topological polar surface area (TPSA) is 32.3 Å². The number of rotatable bonds is 4. The summed E-state index contributed by atoms with van der Waals surface area (Å²) < 4.78 is 25.8. The average molecular weight is 215 g/mol. The van der Waals surface area contributed by atoms with Crippen LogP contribution in [0, 0.1) is 11.6 Å². The van der Waals surface area contributed by atoms with Gasteiger partial charge in [-0.1, -0.05) is 0 Å². The highest BCUT2D eigenvalue weighted by Gasteiger charge is 2.10. The minimum absolute atomic E-state index is 0.0118. The Balaban J connectivity index is 2.77. The minimum atomic E-state index is -0.588. The number of nitrogens with one attached hydrogen (secondary N) is 1. The van der Waals surface area contributed by atoms with Crippen LogP contribution >= 0.6 is 0 Å². The molecule has 0 heterocycles. The quantitative estimate of drug-likeness (QED) is 0.805. The van der Waals surface area contributed by atoms with Gasteiger partial charge < -0.3 is 10.4 Å². The van der Waals surface area contributed by atoms with E-state index in [0.717, 1.165) is 6.07 Å². The molecule has 0 amide bonds. The van der Waals surface area contributed by atoms with Gasteiger partial charge in [-0.25, -0.2) is 8.78 Å². The predicted octanol–water partition coefficient (Wildman–Crippen LogP) is 2.00. The van der Waals surface area contributed by atoms with Gasteiger partial charge in [-0.05, 0) is 31.5 Å². The molecule has 4 heteroatoms. The Labute approximate surface area is 87.9 Å². The summed E-state index contributed by atoms with van der Waals surface area (Å²) in [4.78, 5) is 0. The molecule has 0 aliphatic heterocycles. The number of aliphatic hydroxyl groups is 1. The number of hydrogen-bond donors (Lipinski definition) is 2. The molecule has 0 spiro atoms. The summed E-state index contributed by atoms with van der Waals surface area (Å²) in [5, 5.41) is 11.8. The molecule has 1 rings (SSSR count). The Hall–Kier alpha value is -1.00. The van der Waals surface area contributed by atoms with Gasteiger partial charge in [-0.15, -0.1) is 0 Å². The van der Waals surface area contributed by atoms with Gasteiger partial charge in [0, 0.05) is 18.2 Å². The van der Waals surface area contributed by atoms with E-state index in [1.165, 1.54) is 12.1 Å². The number of aliphatic hydroxyl groups excluding tert-OH is 1. The first-order chi connectivity index (χ1) is 7.02. The molecule has 0 radical (unpaired) electrons. The van der Waals surface area contributed by atoms with Crippen LogP contribution in [0.5, 0.6) is 0 Å². The summed E-state index contributed by atoms with van der Waals surface area (Å²) in [6, 6.07) is 3.10. The molecule has 2 nitrogen and oxygen atoms in total. The molecular weight excluding hydrogens is 200 g/mol. The van der Waals surface area contributed by atoms with Crippen molar-refractivity contribution in [2.24, 2.45) is 0 Å². The lowest BCUT2D eigenvalue weighted by Crippen LogP contribution is -2.31. The van der Waals surface area contributed by atoms with Crippen LogP contribution in [0.4, 0.5) is 8.78 Å². The van der Waals surface area contributed by atoms with Gasteiger partial charge in [0.15, 0.2) is 0 Å². The van der Waals surface area contributed by atoms with E-state index in [1.54, 1.807) is 13.8 Å². The summed E-state index contributed by atoms with van der Waals surface area (Å²) in [5.41, 5.74) is 0.535. The Morgan fingerprint density at radius 3 is 2.20 bits per heavy atom. The maximum Gasteiger partial charge on any atom is 0.126 e. The maximum atomic E-state index is 12.9. The zero-order valence-electron chi connectivity index (χ0n) is 8.80. The van der Waals surface area contributed by atoms with E-state index in [1.807, 2.05) is 0 Å². The zero-order chi connectivity index (χ0) is 11.4. The Morgan fingerprint density at radius 1 is 1.20 bits per heavy atom. The maximum absolute atomic E-state index is 12.9. The van der Waals surface area contributed by atoms with Crippen LogP contribution in [0.2, 0.25) is 0 Å². The van der Waals surface area contributed by atoms with Gasteiger partial charge in [0.2, 0.25) is 0 Å². The van der Waals surface area contributed by atoms with Gasteiger partial charge in [0.25, 0.3) is 0 Å². The van der Waals surface area contributed by atoms with Gasteiger partial charge in [0.1, 0.15) is 11.6 Å². The van der Waals surface area contributed by atoms with Crippen LogP contribution in [0.15, 0.2) is 18.2 Å². The minimum Gasteiger partial charge on any atom is -0.395 e. The first-order valence-electron chi connectivity index (χ1n) is 4.86. The van der Waals surface area contributed by atoms with Gasteiger partial charge in [0.05, 0.1) is 6.61 Å². The highest BCUT2D eigenvalue weighted by atomic mass is 19.1. The van der Waals surface area contributed by atoms with Crippen LogP contribution in [0.25, 0.3) is 0 Å². The number of benzene rings is 1.